The van der Waals surface area contributed by atoms with Gasteiger partial charge in [0.15, 0.2) is 11.2 Å². The largest absolute Gasteiger partial charge is 0.332 e. The Morgan fingerprint density at radius 3 is 2.33 bits per heavy atom. The maximum absolute atomic E-state index is 11.7. The molecule has 2 heterocycles. The van der Waals surface area contributed by atoms with E-state index in [0.717, 1.165) is 4.57 Å². The van der Waals surface area contributed by atoms with E-state index in [1.54, 1.807) is 18.7 Å². The van der Waals surface area contributed by atoms with Gasteiger partial charge in [0.05, 0.1) is 6.33 Å². The number of fused-ring (bicyclic) bond motifs is 1. The highest BCUT2D eigenvalue weighted by atomic mass is 16.2. The lowest BCUT2D eigenvalue weighted by molar-refractivity contribution is 0.705. The van der Waals surface area contributed by atoms with Crippen LogP contribution in [0.4, 0.5) is 0 Å². The topological polar surface area (TPSA) is 92.3 Å². The Morgan fingerprint density at radius 2 is 1.73 bits per heavy atom. The van der Waals surface area contributed by atoms with E-state index in [9.17, 15) is 9.59 Å². The predicted molar refractivity (Wildman–Crippen MR) is 53.3 cm³/mol. The van der Waals surface area contributed by atoms with Crippen molar-refractivity contribution in [3.63, 3.8) is 0 Å². The SMILES string of the molecule is Cn1c(=O)c2c(ncn2C)n(C)c1=O.[N]. The van der Waals surface area contributed by atoms with Crippen LogP contribution in [-0.4, -0.2) is 18.7 Å². The second-order valence-corrected chi connectivity index (χ2v) is 3.23. The van der Waals surface area contributed by atoms with Gasteiger partial charge in [-0.1, -0.05) is 0 Å². The quantitative estimate of drug-likeness (QED) is 0.526. The van der Waals surface area contributed by atoms with Crippen molar-refractivity contribution < 1.29 is 0 Å². The van der Waals surface area contributed by atoms with E-state index in [0.29, 0.717) is 11.2 Å². The molecule has 7 nitrogen and oxygen atoms in total. The van der Waals surface area contributed by atoms with Crippen molar-refractivity contribution in [2.24, 2.45) is 21.1 Å². The van der Waals surface area contributed by atoms with Crippen molar-refractivity contribution in [2.45, 2.75) is 0 Å². The molecule has 2 aromatic rings. The molecule has 0 amide bonds. The molecule has 79 valence electrons. The van der Waals surface area contributed by atoms with Crippen molar-refractivity contribution in [1.29, 1.82) is 0 Å². The molecule has 0 saturated carbocycles. The molecule has 0 atom stereocenters. The number of hydrogen-bond acceptors (Lipinski definition) is 3. The molecule has 15 heavy (non-hydrogen) atoms. The standard InChI is InChI=1S/C8H10N4O2.N/c1-10-4-9-6-5(10)7(13)12(3)8(14)11(6)2;/h4H,1-3H3;. The monoisotopic (exact) mass is 208 g/mol. The maximum atomic E-state index is 11.7. The van der Waals surface area contributed by atoms with Gasteiger partial charge in [0.25, 0.3) is 5.56 Å². The summed E-state index contributed by atoms with van der Waals surface area (Å²) in [5, 5.41) is 0. The Morgan fingerprint density at radius 1 is 1.13 bits per heavy atom. The highest BCUT2D eigenvalue weighted by Crippen LogP contribution is 2.01. The Bertz CT molecular complexity index is 618. The van der Waals surface area contributed by atoms with E-state index in [1.807, 2.05) is 0 Å². The molecule has 0 unspecified atom stereocenters. The Labute approximate surface area is 85.2 Å². The fraction of sp³-hybridized carbons (Fsp3) is 0.375. The van der Waals surface area contributed by atoms with Crippen LogP contribution in [0, 0.1) is 0 Å². The Balaban J connectivity index is 0.00000112. The minimum atomic E-state index is -0.360. The second-order valence-electron chi connectivity index (χ2n) is 3.23. The molecular weight excluding hydrogens is 198 g/mol. The zero-order chi connectivity index (χ0) is 10.5. The summed E-state index contributed by atoms with van der Waals surface area (Å²) in [5.41, 5.74) is 0.180. The van der Waals surface area contributed by atoms with Crippen LogP contribution >= 0.6 is 0 Å². The van der Waals surface area contributed by atoms with Crippen LogP contribution in [0.5, 0.6) is 0 Å². The van der Waals surface area contributed by atoms with E-state index < -0.39 is 0 Å². The summed E-state index contributed by atoms with van der Waals surface area (Å²) >= 11 is 0. The lowest BCUT2D eigenvalue weighted by Gasteiger charge is -2.02. The summed E-state index contributed by atoms with van der Waals surface area (Å²) in [7, 11) is 4.77. The smallest absolute Gasteiger partial charge is 0.328 e. The van der Waals surface area contributed by atoms with Gasteiger partial charge in [-0.05, 0) is 0 Å². The molecule has 2 aromatic heterocycles. The van der Waals surface area contributed by atoms with Crippen molar-refractivity contribution in [3.8, 4) is 0 Å². The predicted octanol–water partition coefficient (Wildman–Crippen LogP) is -1.51. The molecule has 0 saturated heterocycles. The fourth-order valence-electron chi connectivity index (χ4n) is 1.47. The van der Waals surface area contributed by atoms with Gasteiger partial charge in [-0.15, -0.1) is 0 Å². The van der Waals surface area contributed by atoms with Gasteiger partial charge in [0.1, 0.15) is 0 Å². The Hall–Kier alpha value is -1.89. The van der Waals surface area contributed by atoms with Crippen LogP contribution in [0.1, 0.15) is 0 Å². The van der Waals surface area contributed by atoms with Crippen molar-refractivity contribution >= 4 is 11.2 Å². The third-order valence-corrected chi connectivity index (χ3v) is 2.32. The lowest BCUT2D eigenvalue weighted by atomic mass is 10.5. The first-order chi connectivity index (χ1) is 6.54. The Kier molecular flexibility index (Phi) is 2.50. The third-order valence-electron chi connectivity index (χ3n) is 2.32. The lowest BCUT2D eigenvalue weighted by Crippen LogP contribution is -2.37. The molecule has 0 aromatic carbocycles. The molecule has 0 spiro atoms. The van der Waals surface area contributed by atoms with E-state index in [2.05, 4.69) is 4.98 Å². The van der Waals surface area contributed by atoms with E-state index in [-0.39, 0.29) is 17.4 Å². The molecule has 0 aliphatic heterocycles. The van der Waals surface area contributed by atoms with Crippen LogP contribution in [0.3, 0.4) is 0 Å². The number of aryl methyl sites for hydroxylation is 2. The van der Waals surface area contributed by atoms with Crippen LogP contribution in [0.15, 0.2) is 15.9 Å². The van der Waals surface area contributed by atoms with Crippen LogP contribution in [0.25, 0.3) is 11.2 Å². The van der Waals surface area contributed by atoms with Gasteiger partial charge < -0.3 is 4.57 Å². The third kappa shape index (κ3) is 1.28. The zero-order valence-corrected chi connectivity index (χ0v) is 8.63. The molecule has 0 fully saturated rings. The summed E-state index contributed by atoms with van der Waals surface area (Å²) in [5.74, 6) is 0. The molecule has 0 aliphatic carbocycles. The average molecular weight is 208 g/mol. The van der Waals surface area contributed by atoms with Crippen LogP contribution in [-0.2, 0) is 21.1 Å². The van der Waals surface area contributed by atoms with Gasteiger partial charge in [-0.3, -0.25) is 13.9 Å². The average Bonchev–Trinajstić information content (AvgIpc) is 2.54. The van der Waals surface area contributed by atoms with Gasteiger partial charge >= 0.3 is 5.69 Å². The summed E-state index contributed by atoms with van der Waals surface area (Å²) in [4.78, 5) is 27.2. The summed E-state index contributed by atoms with van der Waals surface area (Å²) < 4.78 is 4.04. The second kappa shape index (κ2) is 3.35. The van der Waals surface area contributed by atoms with Crippen LogP contribution < -0.4 is 17.4 Å². The van der Waals surface area contributed by atoms with E-state index in [1.165, 1.54) is 17.9 Å². The summed E-state index contributed by atoms with van der Waals surface area (Å²) in [6.07, 6.45) is 1.52. The number of aromatic nitrogens is 4. The molecule has 2 rings (SSSR count). The van der Waals surface area contributed by atoms with Crippen molar-refractivity contribution in [2.75, 3.05) is 0 Å². The van der Waals surface area contributed by atoms with Crippen molar-refractivity contribution in [1.82, 2.24) is 24.8 Å². The minimum absolute atomic E-state index is 0. The first-order valence-corrected chi connectivity index (χ1v) is 4.11. The molecule has 7 heteroatoms. The number of hydrogen-bond donors (Lipinski definition) is 0. The number of rotatable bonds is 0. The highest BCUT2D eigenvalue weighted by molar-refractivity contribution is 5.69. The first kappa shape index (κ1) is 11.2. The first-order valence-electron chi connectivity index (χ1n) is 4.11. The van der Waals surface area contributed by atoms with Gasteiger partial charge in [-0.25, -0.2) is 9.78 Å². The van der Waals surface area contributed by atoms with Crippen LogP contribution in [0.2, 0.25) is 0 Å². The van der Waals surface area contributed by atoms with E-state index in [4.69, 9.17) is 0 Å². The fourth-order valence-corrected chi connectivity index (χ4v) is 1.47. The summed E-state index contributed by atoms with van der Waals surface area (Å²) in [6, 6.07) is 0. The van der Waals surface area contributed by atoms with Gasteiger partial charge in [0.2, 0.25) is 0 Å². The normalized spacial score (nSPS) is 10.3. The van der Waals surface area contributed by atoms with E-state index >= 15 is 0 Å². The zero-order valence-electron chi connectivity index (χ0n) is 8.63. The molecule has 3 radical (unpaired) electrons. The minimum Gasteiger partial charge on any atom is -0.328 e. The number of nitrogens with zero attached hydrogens (tertiary/aromatic N) is 5. The highest BCUT2D eigenvalue weighted by Gasteiger charge is 2.11. The molecular formula is C8H10N5O2. The molecule has 0 aliphatic rings. The van der Waals surface area contributed by atoms with Gasteiger partial charge in [0, 0.05) is 27.3 Å². The molecule has 0 N–H and O–H groups in total. The molecule has 0 bridgehead atoms. The maximum Gasteiger partial charge on any atom is 0.332 e. The van der Waals surface area contributed by atoms with Gasteiger partial charge in [-0.2, -0.15) is 0 Å². The van der Waals surface area contributed by atoms with Crippen molar-refractivity contribution in [3.05, 3.63) is 27.2 Å². The number of imidazole rings is 1. The summed E-state index contributed by atoms with van der Waals surface area (Å²) in [6.45, 7) is 0.